The molecule has 0 atom stereocenters. The maximum absolute atomic E-state index is 13.0. The molecule has 1 aromatic carbocycles. The zero-order chi connectivity index (χ0) is 21.6. The molecule has 30 heavy (non-hydrogen) atoms. The Morgan fingerprint density at radius 3 is 2.43 bits per heavy atom. The Hall–Kier alpha value is -3.43. The summed E-state index contributed by atoms with van der Waals surface area (Å²) < 4.78 is 53.0. The van der Waals surface area contributed by atoms with E-state index in [1.807, 2.05) is 13.0 Å². The van der Waals surface area contributed by atoms with E-state index in [0.29, 0.717) is 22.5 Å². The second-order valence-electron chi connectivity index (χ2n) is 7.09. The maximum atomic E-state index is 13.0. The number of hydrogen-bond acceptors (Lipinski definition) is 4. The van der Waals surface area contributed by atoms with Crippen molar-refractivity contribution in [2.45, 2.75) is 19.1 Å². The normalized spacial score (nSPS) is 14.6. The van der Waals surface area contributed by atoms with Gasteiger partial charge < -0.3 is 10.2 Å². The summed E-state index contributed by atoms with van der Waals surface area (Å²) in [5.74, 6) is -1.34. The fourth-order valence-corrected chi connectivity index (χ4v) is 3.29. The first kappa shape index (κ1) is 19.9. The number of nitrogens with one attached hydrogen (secondary N) is 1. The van der Waals surface area contributed by atoms with Crippen molar-refractivity contribution in [2.75, 3.05) is 18.4 Å². The molecule has 1 aliphatic heterocycles. The minimum atomic E-state index is -4.41. The van der Waals surface area contributed by atoms with Crippen LogP contribution in [-0.4, -0.2) is 38.7 Å². The highest BCUT2D eigenvalue weighted by Crippen LogP contribution is 2.33. The summed E-state index contributed by atoms with van der Waals surface area (Å²) in [4.78, 5) is 17.5. The number of rotatable bonds is 4. The van der Waals surface area contributed by atoms with Crippen LogP contribution in [-0.2, 0) is 11.0 Å². The molecule has 1 N–H and O–H groups in total. The molecule has 0 aliphatic carbocycles. The summed E-state index contributed by atoms with van der Waals surface area (Å²) >= 11 is 0. The second kappa shape index (κ2) is 7.12. The van der Waals surface area contributed by atoms with Gasteiger partial charge >= 0.3 is 6.18 Å². The number of aryl methyl sites for hydroxylation is 1. The number of carbonyl (C=O) groups is 1. The van der Waals surface area contributed by atoms with Crippen molar-refractivity contribution in [3.63, 3.8) is 0 Å². The first-order valence-electron chi connectivity index (χ1n) is 9.07. The number of pyridine rings is 1. The number of aromatic nitrogens is 3. The predicted molar refractivity (Wildman–Crippen MR) is 103 cm³/mol. The largest absolute Gasteiger partial charge is 0.416 e. The summed E-state index contributed by atoms with van der Waals surface area (Å²) in [6.45, 7) is 5.35. The van der Waals surface area contributed by atoms with Crippen LogP contribution >= 0.6 is 0 Å². The Kier molecular flexibility index (Phi) is 4.71. The SMILES string of the molecule is C=C(F)C(=O)N1CC(n2nc(Nc3ccc(C(F)(F)F)cc3)c3ccc(C)nc32)C1. The molecule has 2 aromatic heterocycles. The molecule has 10 heteroatoms. The van der Waals surface area contributed by atoms with Crippen LogP contribution in [0.4, 0.5) is 29.1 Å². The van der Waals surface area contributed by atoms with Crippen molar-refractivity contribution in [3.05, 3.63) is 60.1 Å². The first-order chi connectivity index (χ1) is 14.1. The van der Waals surface area contributed by atoms with Crippen LogP contribution < -0.4 is 5.32 Å². The number of hydrogen-bond donors (Lipinski definition) is 1. The van der Waals surface area contributed by atoms with Gasteiger partial charge in [0.1, 0.15) is 0 Å². The van der Waals surface area contributed by atoms with E-state index in [1.54, 1.807) is 10.7 Å². The zero-order valence-electron chi connectivity index (χ0n) is 15.9. The monoisotopic (exact) mass is 419 g/mol. The maximum Gasteiger partial charge on any atom is 0.416 e. The van der Waals surface area contributed by atoms with E-state index in [-0.39, 0.29) is 19.1 Å². The topological polar surface area (TPSA) is 63.1 Å². The third-order valence-corrected chi connectivity index (χ3v) is 4.90. The molecule has 0 spiro atoms. The van der Waals surface area contributed by atoms with E-state index < -0.39 is 23.5 Å². The number of amides is 1. The number of anilines is 2. The third kappa shape index (κ3) is 3.60. The standard InChI is InChI=1S/C20H17F4N5O/c1-11-3-8-16-17(26-14-6-4-13(5-7-14)20(22,23)24)27-29(18(16)25-11)15-9-28(10-15)19(30)12(2)21/h3-8,15H,2,9-10H2,1H3,(H,26,27). The van der Waals surface area contributed by atoms with Crippen LogP contribution in [0.15, 0.2) is 48.8 Å². The van der Waals surface area contributed by atoms with E-state index in [9.17, 15) is 22.4 Å². The molecule has 1 amide bonds. The van der Waals surface area contributed by atoms with Gasteiger partial charge in [-0.05, 0) is 43.3 Å². The lowest BCUT2D eigenvalue weighted by molar-refractivity contribution is -0.137. The lowest BCUT2D eigenvalue weighted by Crippen LogP contribution is -2.51. The number of carbonyl (C=O) groups excluding carboxylic acids is 1. The van der Waals surface area contributed by atoms with Crippen molar-refractivity contribution >= 4 is 28.4 Å². The fraction of sp³-hybridized carbons (Fsp3) is 0.250. The molecule has 156 valence electrons. The van der Waals surface area contributed by atoms with Crippen LogP contribution in [0.25, 0.3) is 11.0 Å². The van der Waals surface area contributed by atoms with Gasteiger partial charge in [-0.3, -0.25) is 4.79 Å². The highest BCUT2D eigenvalue weighted by molar-refractivity contribution is 5.92. The van der Waals surface area contributed by atoms with E-state index in [1.165, 1.54) is 17.0 Å². The Balaban J connectivity index is 1.62. The molecule has 3 heterocycles. The van der Waals surface area contributed by atoms with E-state index >= 15 is 0 Å². The molecule has 1 saturated heterocycles. The van der Waals surface area contributed by atoms with Gasteiger partial charge in [-0.2, -0.15) is 18.3 Å². The van der Waals surface area contributed by atoms with E-state index in [4.69, 9.17) is 0 Å². The average Bonchev–Trinajstić information content (AvgIpc) is 2.97. The fourth-order valence-electron chi connectivity index (χ4n) is 3.29. The van der Waals surface area contributed by atoms with Gasteiger partial charge in [-0.15, -0.1) is 0 Å². The van der Waals surface area contributed by atoms with Gasteiger partial charge in [0, 0.05) is 24.5 Å². The molecular formula is C20H17F4N5O. The van der Waals surface area contributed by atoms with Gasteiger partial charge in [0.25, 0.3) is 5.91 Å². The zero-order valence-corrected chi connectivity index (χ0v) is 15.9. The third-order valence-electron chi connectivity index (χ3n) is 4.90. The van der Waals surface area contributed by atoms with Crippen molar-refractivity contribution < 1.29 is 22.4 Å². The number of alkyl halides is 3. The molecule has 6 nitrogen and oxygen atoms in total. The van der Waals surface area contributed by atoms with Crippen molar-refractivity contribution in [1.29, 1.82) is 0 Å². The lowest BCUT2D eigenvalue weighted by atomic mass is 10.1. The van der Waals surface area contributed by atoms with Gasteiger partial charge in [0.15, 0.2) is 17.3 Å². The van der Waals surface area contributed by atoms with Crippen LogP contribution in [0.2, 0.25) is 0 Å². The summed E-state index contributed by atoms with van der Waals surface area (Å²) in [7, 11) is 0. The van der Waals surface area contributed by atoms with Gasteiger partial charge in [0.2, 0.25) is 0 Å². The highest BCUT2D eigenvalue weighted by atomic mass is 19.4. The molecule has 1 aliphatic rings. The van der Waals surface area contributed by atoms with Crippen molar-refractivity contribution in [3.8, 4) is 0 Å². The first-order valence-corrected chi connectivity index (χ1v) is 9.07. The summed E-state index contributed by atoms with van der Waals surface area (Å²) in [5, 5.41) is 8.23. The molecule has 0 unspecified atom stereocenters. The number of nitrogens with zero attached hydrogens (tertiary/aromatic N) is 4. The molecule has 1 fully saturated rings. The van der Waals surface area contributed by atoms with Crippen LogP contribution in [0.1, 0.15) is 17.3 Å². The minimum absolute atomic E-state index is 0.201. The number of benzene rings is 1. The Morgan fingerprint density at radius 1 is 1.17 bits per heavy atom. The van der Waals surface area contributed by atoms with E-state index in [2.05, 4.69) is 22.0 Å². The molecule has 0 radical (unpaired) electrons. The van der Waals surface area contributed by atoms with Crippen LogP contribution in [0.5, 0.6) is 0 Å². The van der Waals surface area contributed by atoms with Crippen LogP contribution in [0, 0.1) is 6.92 Å². The Morgan fingerprint density at radius 2 is 1.83 bits per heavy atom. The Bertz CT molecular complexity index is 1130. The highest BCUT2D eigenvalue weighted by Gasteiger charge is 2.35. The number of likely N-dealkylation sites (tertiary alicyclic amines) is 1. The van der Waals surface area contributed by atoms with Crippen molar-refractivity contribution in [2.24, 2.45) is 0 Å². The summed E-state index contributed by atoms with van der Waals surface area (Å²) in [6.07, 6.45) is -4.41. The van der Waals surface area contributed by atoms with Gasteiger partial charge in [-0.1, -0.05) is 6.58 Å². The Labute approximate surface area is 168 Å². The van der Waals surface area contributed by atoms with Gasteiger partial charge in [0.05, 0.1) is 17.0 Å². The molecule has 3 aromatic rings. The molecule has 0 saturated carbocycles. The average molecular weight is 419 g/mol. The summed E-state index contributed by atoms with van der Waals surface area (Å²) in [5.41, 5.74) is 1.03. The van der Waals surface area contributed by atoms with Gasteiger partial charge in [-0.25, -0.2) is 14.1 Å². The summed E-state index contributed by atoms with van der Waals surface area (Å²) in [6, 6.07) is 8.05. The van der Waals surface area contributed by atoms with Crippen molar-refractivity contribution in [1.82, 2.24) is 19.7 Å². The molecular weight excluding hydrogens is 402 g/mol. The second-order valence-corrected chi connectivity index (χ2v) is 7.09. The number of halogens is 4. The molecule has 0 bridgehead atoms. The predicted octanol–water partition coefficient (Wildman–Crippen LogP) is 4.37. The quantitative estimate of drug-likeness (QED) is 0.504. The number of fused-ring (bicyclic) bond motifs is 1. The lowest BCUT2D eigenvalue weighted by Gasteiger charge is -2.38. The van der Waals surface area contributed by atoms with E-state index in [0.717, 1.165) is 17.8 Å². The smallest absolute Gasteiger partial charge is 0.338 e. The molecule has 4 rings (SSSR count). The minimum Gasteiger partial charge on any atom is -0.338 e. The van der Waals surface area contributed by atoms with Crippen LogP contribution in [0.3, 0.4) is 0 Å².